The lowest BCUT2D eigenvalue weighted by Gasteiger charge is -2.31. The Bertz CT molecular complexity index is 1600. The van der Waals surface area contributed by atoms with E-state index >= 15 is 0 Å². The molecule has 0 saturated carbocycles. The Morgan fingerprint density at radius 3 is 2.33 bits per heavy atom. The Morgan fingerprint density at radius 1 is 0.897 bits per heavy atom. The molecule has 0 bridgehead atoms. The second kappa shape index (κ2) is 10.3. The van der Waals surface area contributed by atoms with Crippen LogP contribution in [0.3, 0.4) is 0 Å². The van der Waals surface area contributed by atoms with Crippen molar-refractivity contribution in [3.05, 3.63) is 136 Å². The highest BCUT2D eigenvalue weighted by Crippen LogP contribution is 2.38. The zero-order chi connectivity index (χ0) is 26.9. The van der Waals surface area contributed by atoms with E-state index in [4.69, 9.17) is 5.10 Å². The maximum atomic E-state index is 14.0. The van der Waals surface area contributed by atoms with Gasteiger partial charge in [-0.15, -0.1) is 0 Å². The molecule has 0 saturated heterocycles. The van der Waals surface area contributed by atoms with Crippen molar-refractivity contribution in [2.45, 2.75) is 46.3 Å². The van der Waals surface area contributed by atoms with E-state index in [2.05, 4.69) is 103 Å². The Morgan fingerprint density at radius 2 is 1.62 bits per heavy atom. The van der Waals surface area contributed by atoms with Crippen molar-refractivity contribution in [1.82, 2.24) is 24.6 Å². The van der Waals surface area contributed by atoms with Crippen LogP contribution in [0.15, 0.2) is 97.2 Å². The number of nitrogens with zero attached hydrogens (tertiary/aromatic N) is 4. The van der Waals surface area contributed by atoms with E-state index < -0.39 is 0 Å². The Hall–Kier alpha value is -4.58. The predicted octanol–water partition coefficient (Wildman–Crippen LogP) is 6.66. The molecule has 0 aliphatic carbocycles. The normalized spacial score (nSPS) is 14.4. The average Bonchev–Trinajstić information content (AvgIpc) is 3.53. The molecule has 6 heteroatoms. The minimum atomic E-state index is -0.264. The average molecular weight is 516 g/mol. The van der Waals surface area contributed by atoms with Crippen molar-refractivity contribution < 1.29 is 4.79 Å². The fourth-order valence-corrected chi connectivity index (χ4v) is 5.42. The molecule has 2 amide bonds. The first-order chi connectivity index (χ1) is 19.0. The van der Waals surface area contributed by atoms with Gasteiger partial charge >= 0.3 is 6.03 Å². The number of hydrogen-bond donors (Lipinski definition) is 1. The molecule has 1 atom stereocenters. The number of rotatable bonds is 5. The minimum Gasteiger partial charge on any atom is -0.334 e. The molecule has 39 heavy (non-hydrogen) atoms. The van der Waals surface area contributed by atoms with Crippen molar-refractivity contribution in [3.63, 3.8) is 0 Å². The summed E-state index contributed by atoms with van der Waals surface area (Å²) in [6.07, 6.45) is 3.05. The van der Waals surface area contributed by atoms with E-state index in [1.54, 1.807) is 0 Å². The standard InChI is InChI=1S/C33H33N5O/c1-4-25-16-18-27(19-17-25)31-30-11-8-20-36(30)32-29(24(3)35-38(32)28-9-6-5-7-10-28)22-37(31)33(39)34-21-26-14-12-23(2)13-15-26/h5-20,31H,4,21-22H2,1-3H3,(H,34,39)/t31-/m1/s1. The highest BCUT2D eigenvalue weighted by atomic mass is 16.2. The molecule has 0 unspecified atom stereocenters. The van der Waals surface area contributed by atoms with Crippen LogP contribution in [0.5, 0.6) is 0 Å². The molecule has 1 aliphatic heterocycles. The van der Waals surface area contributed by atoms with Gasteiger partial charge in [-0.1, -0.05) is 79.2 Å². The topological polar surface area (TPSA) is 55.1 Å². The minimum absolute atomic E-state index is 0.104. The number of aryl methyl sites for hydroxylation is 3. The number of urea groups is 1. The van der Waals surface area contributed by atoms with Crippen LogP contribution in [-0.4, -0.2) is 25.3 Å². The predicted molar refractivity (Wildman–Crippen MR) is 154 cm³/mol. The summed E-state index contributed by atoms with van der Waals surface area (Å²) in [5, 5.41) is 8.14. The number of para-hydroxylation sites is 1. The van der Waals surface area contributed by atoms with Crippen LogP contribution in [0, 0.1) is 13.8 Å². The van der Waals surface area contributed by atoms with Crippen LogP contribution in [0.25, 0.3) is 11.5 Å². The van der Waals surface area contributed by atoms with Crippen LogP contribution in [0.1, 0.15) is 52.2 Å². The number of hydrogen-bond acceptors (Lipinski definition) is 2. The number of carbonyl (C=O) groups excluding carboxylic acids is 1. The molecular formula is C33H33N5O. The van der Waals surface area contributed by atoms with Crippen molar-refractivity contribution in [1.29, 1.82) is 0 Å². The van der Waals surface area contributed by atoms with Crippen LogP contribution < -0.4 is 5.32 Å². The van der Waals surface area contributed by atoms with Gasteiger partial charge in [-0.05, 0) is 61.2 Å². The van der Waals surface area contributed by atoms with Crippen molar-refractivity contribution >= 4 is 6.03 Å². The van der Waals surface area contributed by atoms with Crippen LogP contribution in [-0.2, 0) is 19.5 Å². The van der Waals surface area contributed by atoms with Crippen LogP contribution >= 0.6 is 0 Å². The second-order valence-electron chi connectivity index (χ2n) is 10.2. The third kappa shape index (κ3) is 4.63. The van der Waals surface area contributed by atoms with E-state index in [1.165, 1.54) is 11.1 Å². The zero-order valence-electron chi connectivity index (χ0n) is 22.6. The van der Waals surface area contributed by atoms with Gasteiger partial charge in [0.25, 0.3) is 0 Å². The van der Waals surface area contributed by atoms with Gasteiger partial charge in [-0.2, -0.15) is 5.10 Å². The van der Waals surface area contributed by atoms with Crippen molar-refractivity contribution in [2.75, 3.05) is 0 Å². The lowest BCUT2D eigenvalue weighted by Crippen LogP contribution is -2.41. The third-order valence-electron chi connectivity index (χ3n) is 7.62. The van der Waals surface area contributed by atoms with Gasteiger partial charge in [0.15, 0.2) is 0 Å². The van der Waals surface area contributed by atoms with Gasteiger partial charge in [0.2, 0.25) is 0 Å². The Balaban J connectivity index is 1.46. The first-order valence-electron chi connectivity index (χ1n) is 13.5. The number of aromatic nitrogens is 3. The Labute approximate surface area is 229 Å². The molecular weight excluding hydrogens is 482 g/mol. The van der Waals surface area contributed by atoms with E-state index in [-0.39, 0.29) is 12.1 Å². The molecule has 196 valence electrons. The van der Waals surface area contributed by atoms with Crippen molar-refractivity contribution in [2.24, 2.45) is 0 Å². The fourth-order valence-electron chi connectivity index (χ4n) is 5.42. The summed E-state index contributed by atoms with van der Waals surface area (Å²) in [5.41, 5.74) is 8.60. The van der Waals surface area contributed by atoms with Crippen LogP contribution in [0.4, 0.5) is 4.79 Å². The summed E-state index contributed by atoms with van der Waals surface area (Å²) < 4.78 is 4.20. The highest BCUT2D eigenvalue weighted by Gasteiger charge is 2.35. The van der Waals surface area contributed by atoms with Gasteiger partial charge in [0.1, 0.15) is 5.82 Å². The first kappa shape index (κ1) is 24.7. The molecule has 5 aromatic rings. The van der Waals surface area contributed by atoms with Gasteiger partial charge in [-0.25, -0.2) is 9.48 Å². The number of fused-ring (bicyclic) bond motifs is 3. The third-order valence-corrected chi connectivity index (χ3v) is 7.62. The summed E-state index contributed by atoms with van der Waals surface area (Å²) in [4.78, 5) is 16.0. The number of nitrogens with one attached hydrogen (secondary N) is 1. The van der Waals surface area contributed by atoms with Gasteiger partial charge in [0.05, 0.1) is 29.7 Å². The quantitative estimate of drug-likeness (QED) is 0.285. The number of carbonyl (C=O) groups is 1. The summed E-state index contributed by atoms with van der Waals surface area (Å²) in [6, 6.07) is 30.9. The molecule has 0 radical (unpaired) electrons. The van der Waals surface area contributed by atoms with E-state index in [1.807, 2.05) is 34.7 Å². The van der Waals surface area contributed by atoms with E-state index in [9.17, 15) is 4.79 Å². The first-order valence-corrected chi connectivity index (χ1v) is 13.5. The zero-order valence-corrected chi connectivity index (χ0v) is 22.6. The fraction of sp³-hybridized carbons (Fsp3) is 0.212. The molecule has 1 aliphatic rings. The van der Waals surface area contributed by atoms with Crippen LogP contribution in [0.2, 0.25) is 0 Å². The molecule has 0 fully saturated rings. The van der Waals surface area contributed by atoms with E-state index in [0.717, 1.165) is 46.0 Å². The molecule has 3 heterocycles. The smallest absolute Gasteiger partial charge is 0.318 e. The Kier molecular flexibility index (Phi) is 6.53. The monoisotopic (exact) mass is 515 g/mol. The largest absolute Gasteiger partial charge is 0.334 e. The maximum absolute atomic E-state index is 14.0. The molecule has 3 aromatic carbocycles. The molecule has 6 rings (SSSR count). The lowest BCUT2D eigenvalue weighted by atomic mass is 9.99. The summed E-state index contributed by atoms with van der Waals surface area (Å²) in [6.45, 7) is 7.16. The highest BCUT2D eigenvalue weighted by molar-refractivity contribution is 5.76. The summed E-state index contributed by atoms with van der Waals surface area (Å²) in [5.74, 6) is 0.975. The van der Waals surface area contributed by atoms with Crippen molar-refractivity contribution in [3.8, 4) is 11.5 Å². The molecule has 1 N–H and O–H groups in total. The van der Waals surface area contributed by atoms with Gasteiger partial charge in [-0.3, -0.25) is 0 Å². The van der Waals surface area contributed by atoms with E-state index in [0.29, 0.717) is 13.1 Å². The summed E-state index contributed by atoms with van der Waals surface area (Å²) in [7, 11) is 0. The molecule has 6 nitrogen and oxygen atoms in total. The van der Waals surface area contributed by atoms with Gasteiger partial charge in [0, 0.05) is 18.3 Å². The maximum Gasteiger partial charge on any atom is 0.318 e. The number of benzene rings is 3. The molecule has 0 spiro atoms. The molecule has 2 aromatic heterocycles. The van der Waals surface area contributed by atoms with Gasteiger partial charge < -0.3 is 14.8 Å². The lowest BCUT2D eigenvalue weighted by molar-refractivity contribution is 0.180. The number of amides is 2. The second-order valence-corrected chi connectivity index (χ2v) is 10.2. The SMILES string of the molecule is CCc1ccc([C@@H]2c3cccn3-c3c(c(C)nn3-c3ccccc3)CN2C(=O)NCc2ccc(C)cc2)cc1. The summed E-state index contributed by atoms with van der Waals surface area (Å²) >= 11 is 0.